The third-order valence-corrected chi connectivity index (χ3v) is 3.17. The molecule has 0 fully saturated rings. The molecule has 2 aromatic rings. The van der Waals surface area contributed by atoms with Crippen LogP contribution in [-0.4, -0.2) is 16.2 Å². The van der Waals surface area contributed by atoms with E-state index in [0.717, 1.165) is 10.0 Å². The summed E-state index contributed by atoms with van der Waals surface area (Å²) in [5.74, 6) is -1.22. The Bertz CT molecular complexity index is 548. The molecule has 18 heavy (non-hydrogen) atoms. The van der Waals surface area contributed by atoms with Crippen LogP contribution in [0.15, 0.2) is 39.3 Å². The molecule has 1 aromatic heterocycles. The fraction of sp³-hybridized carbons (Fsp3) is 0.231. The zero-order valence-corrected chi connectivity index (χ0v) is 11.3. The Labute approximate surface area is 113 Å². The lowest BCUT2D eigenvalue weighted by Gasteiger charge is -2.08. The maximum atomic E-state index is 11.3. The Morgan fingerprint density at radius 2 is 2.11 bits per heavy atom. The summed E-state index contributed by atoms with van der Waals surface area (Å²) in [5, 5.41) is 13.0. The van der Waals surface area contributed by atoms with Crippen LogP contribution in [0.4, 0.5) is 0 Å². The average Bonchev–Trinajstić information content (AvgIpc) is 2.74. The molecule has 0 radical (unpaired) electrons. The Balaban J connectivity index is 2.22. The largest absolute Gasteiger partial charge is 0.481 e. The van der Waals surface area contributed by atoms with Crippen LogP contribution in [0.1, 0.15) is 22.9 Å². The van der Waals surface area contributed by atoms with Gasteiger partial charge in [0, 0.05) is 10.5 Å². The molecular formula is C13H12BrNO3. The van der Waals surface area contributed by atoms with Crippen molar-refractivity contribution in [3.8, 4) is 0 Å². The van der Waals surface area contributed by atoms with E-state index in [2.05, 4.69) is 21.1 Å². The summed E-state index contributed by atoms with van der Waals surface area (Å²) >= 11 is 3.34. The monoisotopic (exact) mass is 309 g/mol. The molecule has 0 aliphatic carbocycles. The minimum Gasteiger partial charge on any atom is -0.481 e. The maximum Gasteiger partial charge on any atom is 0.314 e. The van der Waals surface area contributed by atoms with E-state index in [-0.39, 0.29) is 0 Å². The summed E-state index contributed by atoms with van der Waals surface area (Å²) in [6.45, 7) is 1.77. The van der Waals surface area contributed by atoms with E-state index in [1.165, 1.54) is 0 Å². The number of carboxylic acid groups (broad SMARTS) is 1. The van der Waals surface area contributed by atoms with Crippen LogP contribution < -0.4 is 0 Å². The number of aliphatic carboxylic acids is 1. The van der Waals surface area contributed by atoms with E-state index in [1.54, 1.807) is 13.0 Å². The van der Waals surface area contributed by atoms with Crippen molar-refractivity contribution < 1.29 is 14.4 Å². The van der Waals surface area contributed by atoms with Crippen LogP contribution >= 0.6 is 15.9 Å². The van der Waals surface area contributed by atoms with Crippen molar-refractivity contribution in [2.45, 2.75) is 19.3 Å². The second kappa shape index (κ2) is 5.35. The van der Waals surface area contributed by atoms with Gasteiger partial charge in [-0.2, -0.15) is 0 Å². The molecule has 2 rings (SSSR count). The van der Waals surface area contributed by atoms with Gasteiger partial charge >= 0.3 is 5.97 Å². The molecular weight excluding hydrogens is 298 g/mol. The van der Waals surface area contributed by atoms with Gasteiger partial charge in [0.15, 0.2) is 5.76 Å². The fourth-order valence-corrected chi connectivity index (χ4v) is 1.98. The average molecular weight is 310 g/mol. The summed E-state index contributed by atoms with van der Waals surface area (Å²) in [7, 11) is 0. The molecule has 1 aromatic carbocycles. The number of benzene rings is 1. The van der Waals surface area contributed by atoms with Gasteiger partial charge < -0.3 is 9.63 Å². The number of aryl methyl sites for hydroxylation is 1. The molecule has 0 saturated heterocycles. The molecule has 1 N–H and O–H groups in total. The van der Waals surface area contributed by atoms with Crippen molar-refractivity contribution in [3.63, 3.8) is 0 Å². The normalized spacial score (nSPS) is 12.3. The summed E-state index contributed by atoms with van der Waals surface area (Å²) in [5.41, 5.74) is 1.63. The Morgan fingerprint density at radius 3 is 2.61 bits per heavy atom. The number of carbonyl (C=O) groups is 1. The van der Waals surface area contributed by atoms with E-state index in [4.69, 9.17) is 4.52 Å². The van der Waals surface area contributed by atoms with Crippen LogP contribution in [0.5, 0.6) is 0 Å². The number of aromatic nitrogens is 1. The van der Waals surface area contributed by atoms with Crippen molar-refractivity contribution in [1.82, 2.24) is 5.16 Å². The molecule has 4 nitrogen and oxygen atoms in total. The quantitative estimate of drug-likeness (QED) is 0.942. The highest BCUT2D eigenvalue weighted by molar-refractivity contribution is 9.10. The van der Waals surface area contributed by atoms with Gasteiger partial charge in [0.05, 0.1) is 5.69 Å². The van der Waals surface area contributed by atoms with Crippen LogP contribution in [0.2, 0.25) is 0 Å². The number of carboxylic acids is 1. The van der Waals surface area contributed by atoms with Crippen LogP contribution in [0.25, 0.3) is 0 Å². The predicted molar refractivity (Wildman–Crippen MR) is 69.5 cm³/mol. The van der Waals surface area contributed by atoms with Crippen LogP contribution in [0.3, 0.4) is 0 Å². The molecule has 94 valence electrons. The van der Waals surface area contributed by atoms with Gasteiger partial charge in [-0.3, -0.25) is 4.79 Å². The van der Waals surface area contributed by atoms with Crippen LogP contribution in [-0.2, 0) is 11.2 Å². The molecule has 0 bridgehead atoms. The molecule has 0 aliphatic rings. The Kier molecular flexibility index (Phi) is 3.81. The molecule has 0 amide bonds. The smallest absolute Gasteiger partial charge is 0.314 e. The molecule has 5 heteroatoms. The zero-order valence-electron chi connectivity index (χ0n) is 9.76. The lowest BCUT2D eigenvalue weighted by Crippen LogP contribution is -2.13. The minimum atomic E-state index is -0.908. The SMILES string of the molecule is Cc1cc(C(Cc2ccc(Br)cc2)C(=O)O)on1. The topological polar surface area (TPSA) is 63.3 Å². The molecule has 1 heterocycles. The van der Waals surface area contributed by atoms with Crippen molar-refractivity contribution >= 4 is 21.9 Å². The highest BCUT2D eigenvalue weighted by Gasteiger charge is 2.24. The molecule has 1 unspecified atom stereocenters. The van der Waals surface area contributed by atoms with E-state index in [9.17, 15) is 9.90 Å². The number of hydrogen-bond acceptors (Lipinski definition) is 3. The summed E-state index contributed by atoms with van der Waals surface area (Å²) < 4.78 is 6.01. The first-order chi connectivity index (χ1) is 8.56. The van der Waals surface area contributed by atoms with E-state index in [1.807, 2.05) is 24.3 Å². The predicted octanol–water partition coefficient (Wildman–Crippen LogP) is 3.16. The molecule has 0 saturated carbocycles. The lowest BCUT2D eigenvalue weighted by atomic mass is 9.97. The minimum absolute atomic E-state index is 0.386. The Hall–Kier alpha value is -1.62. The first kappa shape index (κ1) is 12.8. The summed E-state index contributed by atoms with van der Waals surface area (Å²) in [6, 6.07) is 9.23. The molecule has 0 spiro atoms. The van der Waals surface area contributed by atoms with Gasteiger partial charge in [-0.1, -0.05) is 33.2 Å². The first-order valence-corrected chi connectivity index (χ1v) is 6.26. The highest BCUT2D eigenvalue weighted by Crippen LogP contribution is 2.23. The summed E-state index contributed by atoms with van der Waals surface area (Å²) in [4.78, 5) is 11.3. The fourth-order valence-electron chi connectivity index (χ4n) is 1.71. The lowest BCUT2D eigenvalue weighted by molar-refractivity contribution is -0.139. The maximum absolute atomic E-state index is 11.3. The van der Waals surface area contributed by atoms with Gasteiger partial charge in [0.25, 0.3) is 0 Å². The third-order valence-electron chi connectivity index (χ3n) is 2.64. The van der Waals surface area contributed by atoms with Gasteiger partial charge in [0.2, 0.25) is 0 Å². The molecule has 0 aliphatic heterocycles. The third kappa shape index (κ3) is 2.98. The molecule has 1 atom stereocenters. The number of hydrogen-bond donors (Lipinski definition) is 1. The standard InChI is InChI=1S/C13H12BrNO3/c1-8-6-12(18-15-8)11(13(16)17)7-9-2-4-10(14)5-3-9/h2-6,11H,7H2,1H3,(H,16,17). The number of nitrogens with zero attached hydrogens (tertiary/aromatic N) is 1. The van der Waals surface area contributed by atoms with Crippen molar-refractivity contribution in [2.75, 3.05) is 0 Å². The highest BCUT2D eigenvalue weighted by atomic mass is 79.9. The number of halogens is 1. The first-order valence-electron chi connectivity index (χ1n) is 5.46. The van der Waals surface area contributed by atoms with Gasteiger partial charge in [-0.05, 0) is 31.0 Å². The number of rotatable bonds is 4. The zero-order chi connectivity index (χ0) is 13.1. The van der Waals surface area contributed by atoms with E-state index in [0.29, 0.717) is 17.9 Å². The van der Waals surface area contributed by atoms with Crippen molar-refractivity contribution in [3.05, 3.63) is 51.8 Å². The van der Waals surface area contributed by atoms with Gasteiger partial charge in [0.1, 0.15) is 5.92 Å². The van der Waals surface area contributed by atoms with Gasteiger partial charge in [-0.15, -0.1) is 0 Å². The Morgan fingerprint density at radius 1 is 1.44 bits per heavy atom. The van der Waals surface area contributed by atoms with Gasteiger partial charge in [-0.25, -0.2) is 0 Å². The van der Waals surface area contributed by atoms with Crippen LogP contribution in [0, 0.1) is 6.92 Å². The van der Waals surface area contributed by atoms with Crippen molar-refractivity contribution in [1.29, 1.82) is 0 Å². The second-order valence-electron chi connectivity index (χ2n) is 4.09. The summed E-state index contributed by atoms with van der Waals surface area (Å²) in [6.07, 6.45) is 0.386. The van der Waals surface area contributed by atoms with Crippen molar-refractivity contribution in [2.24, 2.45) is 0 Å². The van der Waals surface area contributed by atoms with E-state index >= 15 is 0 Å². The van der Waals surface area contributed by atoms with E-state index < -0.39 is 11.9 Å². The second-order valence-corrected chi connectivity index (χ2v) is 5.01.